The van der Waals surface area contributed by atoms with Crippen LogP contribution < -0.4 is 5.32 Å². The normalized spacial score (nSPS) is 27.3. The molecule has 2 aliphatic rings. The van der Waals surface area contributed by atoms with Crippen LogP contribution >= 0.6 is 0 Å². The fraction of sp³-hybridized carbons (Fsp3) is 0.727. The van der Waals surface area contributed by atoms with Gasteiger partial charge in [-0.25, -0.2) is 4.68 Å². The van der Waals surface area contributed by atoms with E-state index in [0.29, 0.717) is 6.04 Å². The van der Waals surface area contributed by atoms with Gasteiger partial charge in [-0.3, -0.25) is 9.69 Å². The first-order chi connectivity index (χ1) is 8.34. The van der Waals surface area contributed by atoms with Crippen molar-refractivity contribution in [1.82, 2.24) is 25.2 Å². The minimum atomic E-state index is 0.0669. The van der Waals surface area contributed by atoms with Gasteiger partial charge >= 0.3 is 0 Å². The van der Waals surface area contributed by atoms with Crippen LogP contribution in [0.1, 0.15) is 25.3 Å². The number of rotatable bonds is 2. The molecule has 3 heterocycles. The summed E-state index contributed by atoms with van der Waals surface area (Å²) in [5.74, 6) is 0.194. The maximum Gasteiger partial charge on any atom is 0.237 e. The zero-order valence-electron chi connectivity index (χ0n) is 9.75. The lowest BCUT2D eigenvalue weighted by molar-refractivity contribution is -0.128. The number of hydrogen-bond acceptors (Lipinski definition) is 4. The van der Waals surface area contributed by atoms with Gasteiger partial charge < -0.3 is 5.32 Å². The molecule has 2 saturated heterocycles. The molecular weight excluding hydrogens is 218 g/mol. The van der Waals surface area contributed by atoms with Gasteiger partial charge in [-0.05, 0) is 19.3 Å². The number of likely N-dealkylation sites (tertiary alicyclic amines) is 1. The molecule has 1 amide bonds. The summed E-state index contributed by atoms with van der Waals surface area (Å²) in [7, 11) is 0. The van der Waals surface area contributed by atoms with Gasteiger partial charge in [0, 0.05) is 25.8 Å². The Morgan fingerprint density at radius 3 is 3.00 bits per heavy atom. The Morgan fingerprint density at radius 2 is 2.24 bits per heavy atom. The standard InChI is InChI=1S/C11H17N5O/c17-11-10(3-1-2-4-12-11)15-7-9(8-15)16-6-5-13-14-16/h5-6,9-10H,1-4,7-8H2,(H,12,17). The summed E-state index contributed by atoms with van der Waals surface area (Å²) in [6.45, 7) is 2.64. The Labute approximate surface area is 100.0 Å². The summed E-state index contributed by atoms with van der Waals surface area (Å²) in [6, 6.07) is 0.450. The van der Waals surface area contributed by atoms with Gasteiger partial charge in [0.1, 0.15) is 0 Å². The molecule has 0 bridgehead atoms. The molecule has 1 aromatic rings. The first kappa shape index (κ1) is 10.7. The number of nitrogens with one attached hydrogen (secondary N) is 1. The Hall–Kier alpha value is -1.43. The summed E-state index contributed by atoms with van der Waals surface area (Å²) in [6.07, 6.45) is 6.79. The van der Waals surface area contributed by atoms with Crippen molar-refractivity contribution in [3.8, 4) is 0 Å². The Kier molecular flexibility index (Phi) is 2.80. The largest absolute Gasteiger partial charge is 0.355 e. The Bertz CT molecular complexity index is 385. The lowest BCUT2D eigenvalue weighted by Gasteiger charge is -2.42. The second kappa shape index (κ2) is 4.44. The number of carbonyl (C=O) groups is 1. The monoisotopic (exact) mass is 235 g/mol. The molecule has 0 spiro atoms. The molecule has 1 aromatic heterocycles. The highest BCUT2D eigenvalue weighted by atomic mass is 16.2. The Morgan fingerprint density at radius 1 is 1.35 bits per heavy atom. The molecule has 17 heavy (non-hydrogen) atoms. The van der Waals surface area contributed by atoms with Crippen LogP contribution in [0.25, 0.3) is 0 Å². The molecule has 1 unspecified atom stereocenters. The van der Waals surface area contributed by atoms with E-state index in [-0.39, 0.29) is 11.9 Å². The van der Waals surface area contributed by atoms with E-state index >= 15 is 0 Å². The van der Waals surface area contributed by atoms with Crippen LogP contribution in [-0.4, -0.2) is 51.5 Å². The third-order valence-corrected chi connectivity index (χ3v) is 3.65. The molecule has 1 atom stereocenters. The van der Waals surface area contributed by atoms with Crippen molar-refractivity contribution >= 4 is 5.91 Å². The minimum absolute atomic E-state index is 0.0669. The van der Waals surface area contributed by atoms with E-state index in [0.717, 1.165) is 38.9 Å². The fourth-order valence-electron chi connectivity index (χ4n) is 2.59. The molecule has 6 heteroatoms. The van der Waals surface area contributed by atoms with Gasteiger partial charge in [0.25, 0.3) is 0 Å². The molecular formula is C11H17N5O. The minimum Gasteiger partial charge on any atom is -0.355 e. The topological polar surface area (TPSA) is 63.1 Å². The average molecular weight is 235 g/mol. The van der Waals surface area contributed by atoms with Crippen molar-refractivity contribution in [1.29, 1.82) is 0 Å². The van der Waals surface area contributed by atoms with Crippen LogP contribution in [0.4, 0.5) is 0 Å². The molecule has 92 valence electrons. The van der Waals surface area contributed by atoms with E-state index < -0.39 is 0 Å². The molecule has 3 rings (SSSR count). The quantitative estimate of drug-likeness (QED) is 0.771. The molecule has 1 N–H and O–H groups in total. The summed E-state index contributed by atoms with van der Waals surface area (Å²) >= 11 is 0. The lowest BCUT2D eigenvalue weighted by Crippen LogP contribution is -2.57. The third kappa shape index (κ3) is 2.04. The molecule has 2 fully saturated rings. The smallest absolute Gasteiger partial charge is 0.237 e. The Balaban J connectivity index is 1.59. The molecule has 0 radical (unpaired) electrons. The molecule has 6 nitrogen and oxygen atoms in total. The number of nitrogens with zero attached hydrogens (tertiary/aromatic N) is 4. The van der Waals surface area contributed by atoms with E-state index in [2.05, 4.69) is 20.5 Å². The SMILES string of the molecule is O=C1NCCCCC1N1CC(n2ccnn2)C1. The van der Waals surface area contributed by atoms with Crippen LogP contribution in [0, 0.1) is 0 Å². The van der Waals surface area contributed by atoms with Gasteiger partial charge in [-0.1, -0.05) is 5.21 Å². The van der Waals surface area contributed by atoms with Gasteiger partial charge in [0.15, 0.2) is 0 Å². The van der Waals surface area contributed by atoms with Crippen molar-refractivity contribution in [2.24, 2.45) is 0 Å². The molecule has 2 aliphatic heterocycles. The van der Waals surface area contributed by atoms with Gasteiger partial charge in [-0.2, -0.15) is 0 Å². The fourth-order valence-corrected chi connectivity index (χ4v) is 2.59. The molecule has 0 aromatic carbocycles. The van der Waals surface area contributed by atoms with Crippen molar-refractivity contribution in [3.05, 3.63) is 12.4 Å². The van der Waals surface area contributed by atoms with Gasteiger partial charge in [0.2, 0.25) is 5.91 Å². The highest BCUT2D eigenvalue weighted by Crippen LogP contribution is 2.25. The lowest BCUT2D eigenvalue weighted by atomic mass is 10.0. The number of aromatic nitrogens is 3. The predicted molar refractivity (Wildman–Crippen MR) is 61.3 cm³/mol. The average Bonchev–Trinajstić information content (AvgIpc) is 2.69. The van der Waals surface area contributed by atoms with E-state index in [1.54, 1.807) is 6.20 Å². The predicted octanol–water partition coefficient (Wildman–Crippen LogP) is -0.197. The van der Waals surface area contributed by atoms with Crippen molar-refractivity contribution in [3.63, 3.8) is 0 Å². The van der Waals surface area contributed by atoms with Crippen LogP contribution in [0.2, 0.25) is 0 Å². The zero-order chi connectivity index (χ0) is 11.7. The third-order valence-electron chi connectivity index (χ3n) is 3.65. The van der Waals surface area contributed by atoms with Crippen LogP contribution in [-0.2, 0) is 4.79 Å². The number of hydrogen-bond donors (Lipinski definition) is 1. The number of amides is 1. The van der Waals surface area contributed by atoms with E-state index in [1.165, 1.54) is 0 Å². The van der Waals surface area contributed by atoms with Gasteiger partial charge in [-0.15, -0.1) is 5.10 Å². The summed E-state index contributed by atoms with van der Waals surface area (Å²) in [5, 5.41) is 10.8. The maximum atomic E-state index is 11.9. The number of carbonyl (C=O) groups excluding carboxylic acids is 1. The van der Waals surface area contributed by atoms with Crippen molar-refractivity contribution < 1.29 is 4.79 Å². The first-order valence-electron chi connectivity index (χ1n) is 6.22. The molecule has 0 saturated carbocycles. The summed E-state index contributed by atoms with van der Waals surface area (Å²) in [4.78, 5) is 14.1. The van der Waals surface area contributed by atoms with E-state index in [4.69, 9.17) is 0 Å². The van der Waals surface area contributed by atoms with Crippen LogP contribution in [0.5, 0.6) is 0 Å². The highest BCUT2D eigenvalue weighted by molar-refractivity contribution is 5.82. The van der Waals surface area contributed by atoms with Crippen molar-refractivity contribution in [2.75, 3.05) is 19.6 Å². The van der Waals surface area contributed by atoms with E-state index in [1.807, 2.05) is 10.9 Å². The second-order valence-corrected chi connectivity index (χ2v) is 4.79. The molecule has 0 aliphatic carbocycles. The first-order valence-corrected chi connectivity index (χ1v) is 6.22. The van der Waals surface area contributed by atoms with E-state index in [9.17, 15) is 4.79 Å². The summed E-state index contributed by atoms with van der Waals surface area (Å²) in [5.41, 5.74) is 0. The maximum absolute atomic E-state index is 11.9. The second-order valence-electron chi connectivity index (χ2n) is 4.79. The van der Waals surface area contributed by atoms with Crippen LogP contribution in [0.3, 0.4) is 0 Å². The zero-order valence-corrected chi connectivity index (χ0v) is 9.75. The van der Waals surface area contributed by atoms with Crippen molar-refractivity contribution in [2.45, 2.75) is 31.3 Å². The van der Waals surface area contributed by atoms with Gasteiger partial charge in [0.05, 0.1) is 18.3 Å². The highest BCUT2D eigenvalue weighted by Gasteiger charge is 2.37. The van der Waals surface area contributed by atoms with Crippen LogP contribution in [0.15, 0.2) is 12.4 Å². The summed E-state index contributed by atoms with van der Waals surface area (Å²) < 4.78 is 1.88.